The molecule has 1 fully saturated rings. The largest absolute Gasteiger partial charge is 0.379 e. The molecule has 10 heteroatoms. The van der Waals surface area contributed by atoms with Crippen molar-refractivity contribution in [2.45, 2.75) is 24.7 Å². The number of benzene rings is 2. The zero-order chi connectivity index (χ0) is 21.7. The van der Waals surface area contributed by atoms with E-state index in [1.807, 2.05) is 24.3 Å². The molecule has 2 aromatic rings. The van der Waals surface area contributed by atoms with E-state index < -0.39 is 14.9 Å². The molecule has 160 valence electrons. The van der Waals surface area contributed by atoms with Gasteiger partial charge in [-0.15, -0.1) is 0 Å². The number of nitro groups is 1. The van der Waals surface area contributed by atoms with Gasteiger partial charge in [0.1, 0.15) is 5.69 Å². The van der Waals surface area contributed by atoms with Gasteiger partial charge in [0.25, 0.3) is 5.69 Å². The van der Waals surface area contributed by atoms with Crippen LogP contribution in [0.2, 0.25) is 0 Å². The van der Waals surface area contributed by atoms with E-state index in [1.54, 1.807) is 6.21 Å². The van der Waals surface area contributed by atoms with Crippen molar-refractivity contribution in [1.82, 2.24) is 4.31 Å². The lowest BCUT2D eigenvalue weighted by Gasteiger charge is -2.26. The second-order valence-corrected chi connectivity index (χ2v) is 9.08. The first-order valence-electron chi connectivity index (χ1n) is 9.54. The van der Waals surface area contributed by atoms with Crippen molar-refractivity contribution in [3.63, 3.8) is 0 Å². The first-order chi connectivity index (χ1) is 14.3. The Morgan fingerprint density at radius 1 is 1.17 bits per heavy atom. The van der Waals surface area contributed by atoms with E-state index >= 15 is 0 Å². The molecular weight excluding hydrogens is 408 g/mol. The quantitative estimate of drug-likeness (QED) is 0.408. The third-order valence-electron chi connectivity index (χ3n) is 4.78. The average molecular weight is 433 g/mol. The molecule has 0 atom stereocenters. The Hall–Kier alpha value is -2.82. The van der Waals surface area contributed by atoms with Crippen molar-refractivity contribution in [2.75, 3.05) is 31.7 Å². The number of anilines is 1. The van der Waals surface area contributed by atoms with Crippen molar-refractivity contribution < 1.29 is 18.1 Å². The molecule has 0 aliphatic carbocycles. The van der Waals surface area contributed by atoms with E-state index in [4.69, 9.17) is 4.74 Å². The zero-order valence-electron chi connectivity index (χ0n) is 16.8. The van der Waals surface area contributed by atoms with E-state index in [1.165, 1.54) is 22.0 Å². The van der Waals surface area contributed by atoms with Gasteiger partial charge in [-0.05, 0) is 29.2 Å². The lowest BCUT2D eigenvalue weighted by atomic mass is 10.0. The molecule has 0 unspecified atom stereocenters. The fourth-order valence-corrected chi connectivity index (χ4v) is 4.43. The van der Waals surface area contributed by atoms with Gasteiger partial charge >= 0.3 is 0 Å². The molecule has 0 saturated carbocycles. The molecule has 1 saturated heterocycles. The summed E-state index contributed by atoms with van der Waals surface area (Å²) in [5.74, 6) is 0.420. The first-order valence-corrected chi connectivity index (χ1v) is 11.0. The number of morpholine rings is 1. The third-order valence-corrected chi connectivity index (χ3v) is 6.67. The summed E-state index contributed by atoms with van der Waals surface area (Å²) in [4.78, 5) is 10.7. The van der Waals surface area contributed by atoms with Crippen LogP contribution in [0.5, 0.6) is 0 Å². The number of hydrogen-bond donors (Lipinski definition) is 1. The number of hydrogen-bond acceptors (Lipinski definition) is 7. The van der Waals surface area contributed by atoms with Crippen LogP contribution in [-0.2, 0) is 14.8 Å². The average Bonchev–Trinajstić information content (AvgIpc) is 2.74. The Morgan fingerprint density at radius 2 is 1.83 bits per heavy atom. The fraction of sp³-hybridized carbons (Fsp3) is 0.350. The summed E-state index contributed by atoms with van der Waals surface area (Å²) in [7, 11) is -3.83. The number of rotatable bonds is 7. The third kappa shape index (κ3) is 5.02. The number of hydrazone groups is 1. The van der Waals surface area contributed by atoms with Crippen LogP contribution in [0, 0.1) is 10.1 Å². The Morgan fingerprint density at radius 3 is 2.43 bits per heavy atom. The molecular formula is C20H24N4O5S. The van der Waals surface area contributed by atoms with Gasteiger partial charge in [-0.3, -0.25) is 15.5 Å². The minimum absolute atomic E-state index is 0.107. The van der Waals surface area contributed by atoms with Gasteiger partial charge in [0.15, 0.2) is 0 Å². The summed E-state index contributed by atoms with van der Waals surface area (Å²) in [6.45, 7) is 5.24. The van der Waals surface area contributed by atoms with Crippen LogP contribution in [-0.4, -0.2) is 50.2 Å². The highest BCUT2D eigenvalue weighted by Gasteiger charge is 2.28. The van der Waals surface area contributed by atoms with E-state index in [-0.39, 0.29) is 29.4 Å². The maximum absolute atomic E-state index is 12.7. The predicted octanol–water partition coefficient (Wildman–Crippen LogP) is 3.19. The van der Waals surface area contributed by atoms with Crippen LogP contribution in [0.25, 0.3) is 0 Å². The molecule has 1 heterocycles. The normalized spacial score (nSPS) is 15.6. The van der Waals surface area contributed by atoms with Gasteiger partial charge in [-0.2, -0.15) is 9.41 Å². The van der Waals surface area contributed by atoms with E-state index in [9.17, 15) is 18.5 Å². The summed E-state index contributed by atoms with van der Waals surface area (Å²) >= 11 is 0. The Kier molecular flexibility index (Phi) is 6.80. The molecule has 0 bridgehead atoms. The number of sulfonamides is 1. The summed E-state index contributed by atoms with van der Waals surface area (Å²) in [5, 5.41) is 15.6. The number of ether oxygens (including phenoxy) is 1. The van der Waals surface area contributed by atoms with Crippen LogP contribution in [0.4, 0.5) is 11.4 Å². The van der Waals surface area contributed by atoms with Crippen LogP contribution >= 0.6 is 0 Å². The second kappa shape index (κ2) is 9.33. The molecule has 2 aromatic carbocycles. The molecule has 1 aliphatic heterocycles. The molecule has 0 amide bonds. The van der Waals surface area contributed by atoms with Crippen molar-refractivity contribution in [2.24, 2.45) is 5.10 Å². The summed E-state index contributed by atoms with van der Waals surface area (Å²) < 4.78 is 31.9. The fourth-order valence-electron chi connectivity index (χ4n) is 3.00. The van der Waals surface area contributed by atoms with Crippen molar-refractivity contribution in [3.8, 4) is 0 Å². The first kappa shape index (κ1) is 21.9. The lowest BCUT2D eigenvalue weighted by Crippen LogP contribution is -2.40. The van der Waals surface area contributed by atoms with Crippen molar-refractivity contribution in [1.29, 1.82) is 0 Å². The second-order valence-electron chi connectivity index (χ2n) is 7.14. The molecule has 1 aliphatic rings. The molecule has 30 heavy (non-hydrogen) atoms. The topological polar surface area (TPSA) is 114 Å². The van der Waals surface area contributed by atoms with Gasteiger partial charge in [0, 0.05) is 19.2 Å². The van der Waals surface area contributed by atoms with Gasteiger partial charge in [-0.1, -0.05) is 38.1 Å². The van der Waals surface area contributed by atoms with Gasteiger partial charge in [0.05, 0.1) is 29.2 Å². The van der Waals surface area contributed by atoms with E-state index in [2.05, 4.69) is 24.4 Å². The summed E-state index contributed by atoms with van der Waals surface area (Å²) in [6, 6.07) is 11.6. The minimum atomic E-state index is -3.83. The lowest BCUT2D eigenvalue weighted by molar-refractivity contribution is -0.384. The summed E-state index contributed by atoms with van der Waals surface area (Å²) in [6.07, 6.45) is 1.55. The summed E-state index contributed by atoms with van der Waals surface area (Å²) in [5.41, 5.74) is 4.42. The smallest absolute Gasteiger partial charge is 0.295 e. The highest BCUT2D eigenvalue weighted by molar-refractivity contribution is 7.89. The van der Waals surface area contributed by atoms with Crippen molar-refractivity contribution in [3.05, 3.63) is 63.7 Å². The van der Waals surface area contributed by atoms with Crippen LogP contribution < -0.4 is 5.43 Å². The van der Waals surface area contributed by atoms with E-state index in [0.717, 1.165) is 11.6 Å². The Bertz CT molecular complexity index is 1030. The van der Waals surface area contributed by atoms with Crippen LogP contribution in [0.3, 0.4) is 0 Å². The molecule has 0 spiro atoms. The van der Waals surface area contributed by atoms with Crippen molar-refractivity contribution >= 4 is 27.6 Å². The Balaban J connectivity index is 1.79. The molecule has 1 N–H and O–H groups in total. The standard InChI is InChI=1S/C20H24N4O5S/c1-15(2)17-5-3-16(4-6-17)14-21-22-19-8-7-18(13-20(19)24(25)26)30(27,28)23-9-11-29-12-10-23/h3-8,13-15,22H,9-12H2,1-2H3/b21-14+. The van der Waals surface area contributed by atoms with Gasteiger partial charge in [0.2, 0.25) is 10.0 Å². The molecule has 3 rings (SSSR count). The molecule has 0 aromatic heterocycles. The zero-order valence-corrected chi connectivity index (χ0v) is 17.6. The van der Waals surface area contributed by atoms with Gasteiger partial charge < -0.3 is 4.74 Å². The maximum atomic E-state index is 12.7. The van der Waals surface area contributed by atoms with Crippen LogP contribution in [0.1, 0.15) is 30.9 Å². The highest BCUT2D eigenvalue weighted by Crippen LogP contribution is 2.29. The number of nitro benzene ring substituents is 1. The van der Waals surface area contributed by atoms with E-state index in [0.29, 0.717) is 19.1 Å². The molecule has 0 radical (unpaired) electrons. The number of nitrogens with one attached hydrogen (secondary N) is 1. The highest BCUT2D eigenvalue weighted by atomic mass is 32.2. The Labute approximate surface area is 175 Å². The predicted molar refractivity (Wildman–Crippen MR) is 114 cm³/mol. The maximum Gasteiger partial charge on any atom is 0.295 e. The number of nitrogens with zero attached hydrogens (tertiary/aromatic N) is 3. The monoisotopic (exact) mass is 432 g/mol. The minimum Gasteiger partial charge on any atom is -0.379 e. The SMILES string of the molecule is CC(C)c1ccc(/C=N/Nc2ccc(S(=O)(=O)N3CCOCC3)cc2[N+](=O)[O-])cc1. The van der Waals surface area contributed by atoms with Gasteiger partial charge in [-0.25, -0.2) is 8.42 Å². The van der Waals surface area contributed by atoms with Crippen LogP contribution in [0.15, 0.2) is 52.5 Å². The molecule has 9 nitrogen and oxygen atoms in total.